The van der Waals surface area contributed by atoms with E-state index in [0.717, 1.165) is 39.3 Å². The molecule has 4 heteroatoms. The van der Waals surface area contributed by atoms with Gasteiger partial charge < -0.3 is 9.55 Å². The van der Waals surface area contributed by atoms with Crippen molar-refractivity contribution >= 4 is 10.8 Å². The van der Waals surface area contributed by atoms with Gasteiger partial charge in [-0.05, 0) is 49.7 Å². The molecule has 0 aliphatic heterocycles. The van der Waals surface area contributed by atoms with Crippen molar-refractivity contribution < 1.29 is 20.1 Å². The Kier molecular flexibility index (Phi) is 10.9. The van der Waals surface area contributed by atoms with Crippen molar-refractivity contribution in [1.82, 2.24) is 14.5 Å². The van der Waals surface area contributed by atoms with Gasteiger partial charge in [0.25, 0.3) is 0 Å². The average molecular weight is 838 g/mol. The Morgan fingerprint density at radius 3 is 1.82 bits per heavy atom. The van der Waals surface area contributed by atoms with Crippen LogP contribution in [0, 0.1) is 12.1 Å². The smallest absolute Gasteiger partial charge is 0.0587 e. The molecule has 51 heavy (non-hydrogen) atoms. The molecule has 0 saturated carbocycles. The molecule has 253 valence electrons. The molecule has 0 saturated heterocycles. The van der Waals surface area contributed by atoms with Crippen molar-refractivity contribution in [2.75, 3.05) is 0 Å². The first kappa shape index (κ1) is 35.4. The van der Waals surface area contributed by atoms with Gasteiger partial charge in [0.1, 0.15) is 0 Å². The second-order valence-corrected chi connectivity index (χ2v) is 13.5. The van der Waals surface area contributed by atoms with Gasteiger partial charge in [0.2, 0.25) is 0 Å². The normalized spacial score (nSPS) is 11.0. The monoisotopic (exact) mass is 838 g/mol. The molecule has 0 bridgehead atoms. The van der Waals surface area contributed by atoms with E-state index in [2.05, 4.69) is 157 Å². The molecule has 2 aromatic heterocycles. The fourth-order valence-electron chi connectivity index (χ4n) is 6.11. The molecule has 6 aromatic carbocycles. The number of imidazole rings is 1. The zero-order valence-corrected chi connectivity index (χ0v) is 31.7. The van der Waals surface area contributed by atoms with E-state index >= 15 is 0 Å². The van der Waals surface area contributed by atoms with Crippen molar-refractivity contribution in [3.05, 3.63) is 182 Å². The maximum absolute atomic E-state index is 4.63. The van der Waals surface area contributed by atoms with Crippen LogP contribution in [0.1, 0.15) is 26.3 Å². The molecule has 0 N–H and O–H groups in total. The zero-order chi connectivity index (χ0) is 34.5. The Morgan fingerprint density at radius 1 is 0.510 bits per heavy atom. The number of pyridine rings is 1. The minimum Gasteiger partial charge on any atom is -0.367 e. The molecule has 0 fully saturated rings. The van der Waals surface area contributed by atoms with Crippen LogP contribution in [0.3, 0.4) is 0 Å². The molecule has 8 aromatic rings. The van der Waals surface area contributed by atoms with E-state index in [-0.39, 0.29) is 25.5 Å². The van der Waals surface area contributed by atoms with Gasteiger partial charge in [-0.15, -0.1) is 71.3 Å². The quantitative estimate of drug-likeness (QED) is 0.162. The van der Waals surface area contributed by atoms with Crippen LogP contribution in [-0.2, 0) is 32.6 Å². The molecule has 0 aliphatic rings. The van der Waals surface area contributed by atoms with Crippen molar-refractivity contribution in [3.63, 3.8) is 0 Å². The van der Waals surface area contributed by atoms with Crippen molar-refractivity contribution in [1.29, 1.82) is 0 Å². The molecule has 2 heterocycles. The summed E-state index contributed by atoms with van der Waals surface area (Å²) in [4.78, 5) is 9.20. The van der Waals surface area contributed by atoms with Crippen LogP contribution >= 0.6 is 0 Å². The Morgan fingerprint density at radius 2 is 1.12 bits per heavy atom. The fraction of sp³-hybridized carbons (Fsp3) is 0.106. The summed E-state index contributed by atoms with van der Waals surface area (Å²) < 4.78 is 2.11. The van der Waals surface area contributed by atoms with E-state index in [1.807, 2.05) is 61.9 Å². The summed E-state index contributed by atoms with van der Waals surface area (Å²) in [7, 11) is 2.05. The third-order valence-corrected chi connectivity index (χ3v) is 9.02. The molecule has 3 nitrogen and oxygen atoms in total. The Hall–Kier alpha value is -5.41. The Bertz CT molecular complexity index is 2340. The van der Waals surface area contributed by atoms with Crippen molar-refractivity contribution in [2.45, 2.75) is 26.2 Å². The van der Waals surface area contributed by atoms with E-state index in [4.69, 9.17) is 0 Å². The molecule has 1 radical (unpaired) electrons. The molecule has 8 rings (SSSR count). The van der Waals surface area contributed by atoms with Crippen LogP contribution in [0.2, 0.25) is 0 Å². The second kappa shape index (κ2) is 15.6. The maximum atomic E-state index is 4.63. The van der Waals surface area contributed by atoms with Gasteiger partial charge in [-0.3, -0.25) is 4.98 Å². The molecular formula is C47H39IrN3-2. The topological polar surface area (TPSA) is 30.7 Å². The molecule has 0 spiro atoms. The largest absolute Gasteiger partial charge is 0.367 e. The standard InChI is InChI=1S/C25H22N.C22H17N2.Ir/c1-25(2,3)23-13-11-18(12-14-23)19-9-6-10-21(15-19)24-16-20-7-4-5-8-22(20)17-26-24;1-24-21(16-23-22(24)20-10-6-3-7-11-20)19-14-12-18(13-15-19)17-8-4-2-5-9-17;/h4-9,11-17H,1-3H3;2-10,12-16H,1H3;/q2*-1;. The summed E-state index contributed by atoms with van der Waals surface area (Å²) in [5, 5.41) is 2.36. The Balaban J connectivity index is 0.000000173. The minimum atomic E-state index is 0. The SMILES string of the molecule is CC(C)(C)c1ccc(-c2cc[c-]c(-c3cc4ccccc4cn3)c2)cc1.Cn1c(-c2ccc(-c3ccccc3)cc2)cnc1-c1[c-]cccc1.[Ir]. The second-order valence-electron chi connectivity index (χ2n) is 13.5. The van der Waals surface area contributed by atoms with E-state index in [9.17, 15) is 0 Å². The Labute approximate surface area is 315 Å². The van der Waals surface area contributed by atoms with Crippen LogP contribution in [0.25, 0.3) is 66.9 Å². The minimum absolute atomic E-state index is 0. The molecule has 0 atom stereocenters. The van der Waals surface area contributed by atoms with E-state index in [1.165, 1.54) is 33.2 Å². The summed E-state index contributed by atoms with van der Waals surface area (Å²) in [6, 6.07) is 59.1. The summed E-state index contributed by atoms with van der Waals surface area (Å²) in [6.45, 7) is 6.72. The van der Waals surface area contributed by atoms with Gasteiger partial charge in [0.05, 0.1) is 11.5 Å². The number of aromatic nitrogens is 3. The number of fused-ring (bicyclic) bond motifs is 1. The first-order valence-corrected chi connectivity index (χ1v) is 17.0. The van der Waals surface area contributed by atoms with Crippen LogP contribution in [0.5, 0.6) is 0 Å². The van der Waals surface area contributed by atoms with Gasteiger partial charge in [0, 0.05) is 39.5 Å². The summed E-state index contributed by atoms with van der Waals surface area (Å²) in [5.74, 6) is 0.928. The van der Waals surface area contributed by atoms with Gasteiger partial charge in [0.15, 0.2) is 0 Å². The zero-order valence-electron chi connectivity index (χ0n) is 29.3. The van der Waals surface area contributed by atoms with Gasteiger partial charge in [-0.25, -0.2) is 0 Å². The predicted octanol–water partition coefficient (Wildman–Crippen LogP) is 11.9. The van der Waals surface area contributed by atoms with Crippen molar-refractivity contribution in [3.8, 4) is 56.2 Å². The fourth-order valence-corrected chi connectivity index (χ4v) is 6.11. The van der Waals surface area contributed by atoms with Gasteiger partial charge in [-0.2, -0.15) is 0 Å². The van der Waals surface area contributed by atoms with E-state index in [0.29, 0.717) is 0 Å². The van der Waals surface area contributed by atoms with Crippen LogP contribution in [0.4, 0.5) is 0 Å². The number of nitrogens with zero attached hydrogens (tertiary/aromatic N) is 3. The van der Waals surface area contributed by atoms with Gasteiger partial charge in [-0.1, -0.05) is 130 Å². The van der Waals surface area contributed by atoms with E-state index < -0.39 is 0 Å². The van der Waals surface area contributed by atoms with Crippen LogP contribution < -0.4 is 0 Å². The first-order valence-electron chi connectivity index (χ1n) is 17.0. The summed E-state index contributed by atoms with van der Waals surface area (Å²) in [5.41, 5.74) is 11.6. The average Bonchev–Trinajstić information content (AvgIpc) is 3.56. The third kappa shape index (κ3) is 8.15. The van der Waals surface area contributed by atoms with E-state index in [1.54, 1.807) is 0 Å². The number of benzene rings is 6. The van der Waals surface area contributed by atoms with Crippen molar-refractivity contribution in [2.24, 2.45) is 7.05 Å². The molecule has 0 amide bonds. The molecule has 0 unspecified atom stereocenters. The molecule has 0 aliphatic carbocycles. The first-order chi connectivity index (χ1) is 24.3. The maximum Gasteiger partial charge on any atom is 0.0587 e. The third-order valence-electron chi connectivity index (χ3n) is 9.02. The van der Waals surface area contributed by atoms with Gasteiger partial charge >= 0.3 is 0 Å². The number of hydrogen-bond donors (Lipinski definition) is 0. The molecular weight excluding hydrogens is 799 g/mol. The number of hydrogen-bond acceptors (Lipinski definition) is 2. The number of rotatable bonds is 5. The summed E-state index contributed by atoms with van der Waals surface area (Å²) >= 11 is 0. The predicted molar refractivity (Wildman–Crippen MR) is 209 cm³/mol. The van der Waals surface area contributed by atoms with Crippen LogP contribution in [0.15, 0.2) is 164 Å². The summed E-state index contributed by atoms with van der Waals surface area (Å²) in [6.07, 6.45) is 3.86. The van der Waals surface area contributed by atoms with Crippen LogP contribution in [-0.4, -0.2) is 14.5 Å².